The molecule has 1 aromatic rings. The van der Waals surface area contributed by atoms with Crippen molar-refractivity contribution in [3.05, 3.63) is 18.0 Å². The highest BCUT2D eigenvalue weighted by Gasteiger charge is 2.34. The summed E-state index contributed by atoms with van der Waals surface area (Å²) >= 11 is 0. The van der Waals surface area contributed by atoms with E-state index in [4.69, 9.17) is 0 Å². The Morgan fingerprint density at radius 3 is 3.22 bits per heavy atom. The van der Waals surface area contributed by atoms with Gasteiger partial charge < -0.3 is 5.32 Å². The molecule has 100 valence electrons. The van der Waals surface area contributed by atoms with Gasteiger partial charge in [0.15, 0.2) is 0 Å². The molecular weight excluding hydrogens is 224 g/mol. The number of aromatic nitrogens is 2. The van der Waals surface area contributed by atoms with Crippen LogP contribution in [-0.2, 0) is 13.1 Å². The summed E-state index contributed by atoms with van der Waals surface area (Å²) in [5.41, 5.74) is 1.37. The van der Waals surface area contributed by atoms with Gasteiger partial charge in [0.2, 0.25) is 0 Å². The molecule has 0 unspecified atom stereocenters. The van der Waals surface area contributed by atoms with Crippen LogP contribution in [-0.4, -0.2) is 40.4 Å². The molecule has 2 saturated heterocycles. The third kappa shape index (κ3) is 2.45. The maximum Gasteiger partial charge on any atom is 0.0524 e. The molecule has 4 nitrogen and oxygen atoms in total. The number of nitrogens with zero attached hydrogens (tertiary/aromatic N) is 3. The normalized spacial score (nSPS) is 28.5. The van der Waals surface area contributed by atoms with Gasteiger partial charge in [0, 0.05) is 38.4 Å². The molecule has 0 amide bonds. The number of rotatable bonds is 4. The van der Waals surface area contributed by atoms with Crippen molar-refractivity contribution in [3.8, 4) is 0 Å². The average molecular weight is 248 g/mol. The molecule has 2 aliphatic heterocycles. The predicted octanol–water partition coefficient (Wildman–Crippen LogP) is 1.48. The van der Waals surface area contributed by atoms with E-state index in [1.165, 1.54) is 38.2 Å². The van der Waals surface area contributed by atoms with Crippen molar-refractivity contribution in [2.75, 3.05) is 19.6 Å². The van der Waals surface area contributed by atoms with Crippen LogP contribution in [0.3, 0.4) is 0 Å². The molecule has 2 aliphatic rings. The smallest absolute Gasteiger partial charge is 0.0524 e. The van der Waals surface area contributed by atoms with Crippen LogP contribution in [0, 0.1) is 5.92 Å². The monoisotopic (exact) mass is 248 g/mol. The van der Waals surface area contributed by atoms with Crippen LogP contribution in [0.4, 0.5) is 0 Å². The van der Waals surface area contributed by atoms with Crippen molar-refractivity contribution >= 4 is 0 Å². The molecule has 2 fully saturated rings. The Balaban J connectivity index is 1.61. The lowest BCUT2D eigenvalue weighted by Gasteiger charge is -2.24. The Labute approximate surface area is 109 Å². The Bertz CT molecular complexity index is 373. The van der Waals surface area contributed by atoms with E-state index in [-0.39, 0.29) is 0 Å². The van der Waals surface area contributed by atoms with E-state index in [1.54, 1.807) is 0 Å². The number of aryl methyl sites for hydroxylation is 1. The average Bonchev–Trinajstić information content (AvgIpc) is 2.97. The maximum atomic E-state index is 4.41. The van der Waals surface area contributed by atoms with E-state index in [1.807, 2.05) is 6.20 Å². The quantitative estimate of drug-likeness (QED) is 0.876. The van der Waals surface area contributed by atoms with Gasteiger partial charge in [-0.25, -0.2) is 0 Å². The third-order valence-electron chi connectivity index (χ3n) is 4.30. The molecule has 18 heavy (non-hydrogen) atoms. The zero-order valence-corrected chi connectivity index (χ0v) is 11.3. The molecule has 1 aromatic heterocycles. The van der Waals surface area contributed by atoms with E-state index in [9.17, 15) is 0 Å². The summed E-state index contributed by atoms with van der Waals surface area (Å²) in [6, 6.07) is 2.91. The minimum atomic E-state index is 0.737. The topological polar surface area (TPSA) is 33.1 Å². The van der Waals surface area contributed by atoms with Crippen LogP contribution in [0.1, 0.15) is 31.9 Å². The van der Waals surface area contributed by atoms with Gasteiger partial charge in [-0.05, 0) is 37.8 Å². The Morgan fingerprint density at radius 1 is 1.44 bits per heavy atom. The lowest BCUT2D eigenvalue weighted by molar-refractivity contribution is 0.301. The number of piperidine rings is 1. The number of likely N-dealkylation sites (tertiary alicyclic amines) is 1. The molecule has 1 N–H and O–H groups in total. The first-order chi connectivity index (χ1) is 8.86. The molecule has 2 atom stereocenters. The lowest BCUT2D eigenvalue weighted by Crippen LogP contribution is -2.40. The Kier molecular flexibility index (Phi) is 3.66. The lowest BCUT2D eigenvalue weighted by atomic mass is 9.94. The van der Waals surface area contributed by atoms with Gasteiger partial charge in [-0.1, -0.05) is 6.92 Å². The van der Waals surface area contributed by atoms with Gasteiger partial charge in [0.25, 0.3) is 0 Å². The van der Waals surface area contributed by atoms with E-state index >= 15 is 0 Å². The Morgan fingerprint density at radius 2 is 2.39 bits per heavy atom. The molecule has 0 radical (unpaired) electrons. The van der Waals surface area contributed by atoms with Gasteiger partial charge >= 0.3 is 0 Å². The minimum Gasteiger partial charge on any atom is -0.312 e. The summed E-state index contributed by atoms with van der Waals surface area (Å²) in [5.74, 6) is 0.876. The minimum absolute atomic E-state index is 0.737. The van der Waals surface area contributed by atoms with Crippen LogP contribution in [0.5, 0.6) is 0 Å². The van der Waals surface area contributed by atoms with E-state index in [0.717, 1.165) is 31.5 Å². The zero-order valence-electron chi connectivity index (χ0n) is 11.3. The fourth-order valence-electron chi connectivity index (χ4n) is 3.40. The zero-order chi connectivity index (χ0) is 12.4. The highest BCUT2D eigenvalue weighted by molar-refractivity contribution is 5.02. The van der Waals surface area contributed by atoms with Gasteiger partial charge in [-0.3, -0.25) is 9.58 Å². The maximum absolute atomic E-state index is 4.41. The van der Waals surface area contributed by atoms with Crippen molar-refractivity contribution in [1.29, 1.82) is 0 Å². The number of hydrogen-bond acceptors (Lipinski definition) is 3. The highest BCUT2D eigenvalue weighted by atomic mass is 15.3. The molecule has 3 rings (SSSR count). The molecule has 0 spiro atoms. The van der Waals surface area contributed by atoms with Crippen molar-refractivity contribution in [1.82, 2.24) is 20.0 Å². The van der Waals surface area contributed by atoms with E-state index in [2.05, 4.69) is 33.0 Å². The predicted molar refractivity (Wildman–Crippen MR) is 72.3 cm³/mol. The molecule has 3 heterocycles. The van der Waals surface area contributed by atoms with Crippen molar-refractivity contribution < 1.29 is 0 Å². The van der Waals surface area contributed by atoms with Gasteiger partial charge in [-0.2, -0.15) is 5.10 Å². The molecule has 0 saturated carbocycles. The van der Waals surface area contributed by atoms with E-state index in [0.29, 0.717) is 0 Å². The first kappa shape index (κ1) is 12.2. The number of hydrogen-bond donors (Lipinski definition) is 1. The molecular formula is C14H24N4. The Hall–Kier alpha value is -0.870. The van der Waals surface area contributed by atoms with Crippen molar-refractivity contribution in [2.24, 2.45) is 5.92 Å². The fourth-order valence-corrected chi connectivity index (χ4v) is 3.40. The summed E-state index contributed by atoms with van der Waals surface area (Å²) in [7, 11) is 0. The number of nitrogens with one attached hydrogen (secondary N) is 1. The van der Waals surface area contributed by atoms with Crippen molar-refractivity contribution in [3.63, 3.8) is 0 Å². The van der Waals surface area contributed by atoms with Crippen LogP contribution >= 0.6 is 0 Å². The number of fused-ring (bicyclic) bond motifs is 1. The van der Waals surface area contributed by atoms with Crippen LogP contribution in [0.2, 0.25) is 0 Å². The standard InChI is InChI=1S/C14H24N4/c1-2-8-18-13(5-7-16-18)10-17-9-12-4-3-6-15-14(12)11-17/h5,7,12,14-15H,2-4,6,8-11H2,1H3/t12-,14+/m0/s1. The molecule has 0 bridgehead atoms. The summed E-state index contributed by atoms with van der Waals surface area (Å²) in [4.78, 5) is 2.59. The van der Waals surface area contributed by atoms with Crippen LogP contribution < -0.4 is 5.32 Å². The first-order valence-corrected chi connectivity index (χ1v) is 7.33. The summed E-state index contributed by atoms with van der Waals surface area (Å²) in [5, 5.41) is 8.08. The SMILES string of the molecule is CCCn1nccc1CN1C[C@@H]2CCCN[C@@H]2C1. The second kappa shape index (κ2) is 5.41. The first-order valence-electron chi connectivity index (χ1n) is 7.33. The van der Waals surface area contributed by atoms with Gasteiger partial charge in [0.05, 0.1) is 5.69 Å². The molecule has 4 heteroatoms. The summed E-state index contributed by atoms with van der Waals surface area (Å²) in [6.07, 6.45) is 5.85. The fraction of sp³-hybridized carbons (Fsp3) is 0.786. The van der Waals surface area contributed by atoms with Crippen LogP contribution in [0.15, 0.2) is 12.3 Å². The largest absolute Gasteiger partial charge is 0.312 e. The highest BCUT2D eigenvalue weighted by Crippen LogP contribution is 2.25. The third-order valence-corrected chi connectivity index (χ3v) is 4.30. The summed E-state index contributed by atoms with van der Waals surface area (Å²) in [6.45, 7) is 8.00. The van der Waals surface area contributed by atoms with Gasteiger partial charge in [0.1, 0.15) is 0 Å². The van der Waals surface area contributed by atoms with Crippen LogP contribution in [0.25, 0.3) is 0 Å². The van der Waals surface area contributed by atoms with Gasteiger partial charge in [-0.15, -0.1) is 0 Å². The van der Waals surface area contributed by atoms with Crippen molar-refractivity contribution in [2.45, 2.75) is 45.3 Å². The van der Waals surface area contributed by atoms with E-state index < -0.39 is 0 Å². The second-order valence-electron chi connectivity index (χ2n) is 5.70. The molecule has 0 aliphatic carbocycles. The second-order valence-corrected chi connectivity index (χ2v) is 5.70. The summed E-state index contributed by atoms with van der Waals surface area (Å²) < 4.78 is 2.16. The molecule has 0 aromatic carbocycles.